The minimum Gasteiger partial charge on any atom is -0.480 e. The highest BCUT2D eigenvalue weighted by Crippen LogP contribution is 2.17. The van der Waals surface area contributed by atoms with Gasteiger partial charge in [-0.2, -0.15) is 9.98 Å². The smallest absolute Gasteiger partial charge is 0.322 e. The fraction of sp³-hybridized carbons (Fsp3) is 0.316. The lowest BCUT2D eigenvalue weighted by atomic mass is 10.1. The van der Waals surface area contributed by atoms with Crippen LogP contribution in [0.15, 0.2) is 47.6 Å². The number of nitriles is 1. The molecule has 0 bridgehead atoms. The molecule has 1 aromatic heterocycles. The van der Waals surface area contributed by atoms with Crippen LogP contribution in [-0.4, -0.2) is 55.4 Å². The van der Waals surface area contributed by atoms with Gasteiger partial charge in [0.2, 0.25) is 0 Å². The van der Waals surface area contributed by atoms with E-state index in [0.717, 1.165) is 18.0 Å². The predicted molar refractivity (Wildman–Crippen MR) is 114 cm³/mol. The molecule has 8 nitrogen and oxygen atoms in total. The molecule has 0 amide bonds. The third kappa shape index (κ3) is 6.57. The third-order valence-corrected chi connectivity index (χ3v) is 5.91. The topological polar surface area (TPSA) is 123 Å². The number of aromatic nitrogens is 1. The highest BCUT2D eigenvalue weighted by molar-refractivity contribution is 7.89. The summed E-state index contributed by atoms with van der Waals surface area (Å²) in [5.41, 5.74) is 1.72. The van der Waals surface area contributed by atoms with Gasteiger partial charge >= 0.3 is 5.97 Å². The van der Waals surface area contributed by atoms with E-state index in [4.69, 9.17) is 28.5 Å². The lowest BCUT2D eigenvalue weighted by Crippen LogP contribution is -2.42. The molecule has 30 heavy (non-hydrogen) atoms. The number of carbonyl (C=O) groups is 1. The summed E-state index contributed by atoms with van der Waals surface area (Å²) in [7, 11) is -4.17. The van der Waals surface area contributed by atoms with Crippen molar-refractivity contribution in [2.24, 2.45) is 0 Å². The van der Waals surface area contributed by atoms with Gasteiger partial charge in [-0.1, -0.05) is 12.1 Å². The van der Waals surface area contributed by atoms with Crippen molar-refractivity contribution in [2.45, 2.75) is 17.5 Å². The Morgan fingerprint density at radius 3 is 2.27 bits per heavy atom. The van der Waals surface area contributed by atoms with Crippen molar-refractivity contribution >= 4 is 44.9 Å². The Kier molecular flexibility index (Phi) is 8.87. The first-order chi connectivity index (χ1) is 14.3. The van der Waals surface area contributed by atoms with Gasteiger partial charge in [-0.15, -0.1) is 23.2 Å². The summed E-state index contributed by atoms with van der Waals surface area (Å²) in [6.45, 7) is 1.23. The van der Waals surface area contributed by atoms with Gasteiger partial charge in [-0.25, -0.2) is 13.4 Å². The maximum atomic E-state index is 12.5. The number of aliphatic carboxylic acids is 1. The highest BCUT2D eigenvalue weighted by Gasteiger charge is 2.26. The summed E-state index contributed by atoms with van der Waals surface area (Å²) in [5.74, 6) is -0.447. The van der Waals surface area contributed by atoms with Gasteiger partial charge in [0, 0.05) is 36.7 Å². The number of nitrogens with zero attached hydrogens (tertiary/aromatic N) is 3. The quantitative estimate of drug-likeness (QED) is 0.482. The summed E-state index contributed by atoms with van der Waals surface area (Å²) in [4.78, 5) is 17.3. The largest absolute Gasteiger partial charge is 0.480 e. The fourth-order valence-corrected chi connectivity index (χ4v) is 4.21. The zero-order chi connectivity index (χ0) is 22.1. The van der Waals surface area contributed by atoms with Gasteiger partial charge in [0.25, 0.3) is 10.0 Å². The molecule has 0 aliphatic rings. The molecule has 0 saturated carbocycles. The fourth-order valence-electron chi connectivity index (χ4n) is 2.69. The molecule has 1 heterocycles. The zero-order valence-electron chi connectivity index (χ0n) is 15.8. The Labute approximate surface area is 185 Å². The van der Waals surface area contributed by atoms with Crippen LogP contribution < -0.4 is 9.62 Å². The molecule has 0 fully saturated rings. The molecule has 1 unspecified atom stereocenters. The first kappa shape index (κ1) is 23.9. The number of halogens is 2. The summed E-state index contributed by atoms with van der Waals surface area (Å²) in [6, 6.07) is 9.97. The molecule has 2 N–H and O–H groups in total. The van der Waals surface area contributed by atoms with Crippen LogP contribution in [0.2, 0.25) is 0 Å². The average molecular weight is 471 g/mol. The monoisotopic (exact) mass is 470 g/mol. The number of pyridine rings is 1. The number of alkyl halides is 2. The van der Waals surface area contributed by atoms with Crippen LogP contribution in [0.4, 0.5) is 5.69 Å². The molecule has 0 aliphatic heterocycles. The maximum Gasteiger partial charge on any atom is 0.322 e. The molecule has 0 radical (unpaired) electrons. The van der Waals surface area contributed by atoms with Crippen molar-refractivity contribution in [1.82, 2.24) is 9.71 Å². The molecule has 2 rings (SSSR count). The molecule has 2 aromatic rings. The SMILES string of the molecule is N#Cc1ccc(S(=O)(=O)NC(Cc2ccc(N(CCCl)CCCl)cc2)C(=O)O)nc1. The molecule has 160 valence electrons. The minimum absolute atomic E-state index is 0.0594. The molecular formula is C19H20Cl2N4O4S. The Bertz CT molecular complexity index is 987. The average Bonchev–Trinajstić information content (AvgIpc) is 2.73. The van der Waals surface area contributed by atoms with Gasteiger partial charge in [0.05, 0.1) is 5.56 Å². The Morgan fingerprint density at radius 2 is 1.80 bits per heavy atom. The van der Waals surface area contributed by atoms with E-state index in [9.17, 15) is 18.3 Å². The summed E-state index contributed by atoms with van der Waals surface area (Å²) < 4.78 is 27.1. The number of carboxylic acid groups (broad SMARTS) is 1. The molecule has 0 aliphatic carbocycles. The van der Waals surface area contributed by atoms with Crippen molar-refractivity contribution < 1.29 is 18.3 Å². The second kappa shape index (κ2) is 11.1. The van der Waals surface area contributed by atoms with E-state index >= 15 is 0 Å². The summed E-state index contributed by atoms with van der Waals surface area (Å²) in [6.07, 6.45) is 1.05. The maximum absolute atomic E-state index is 12.5. The van der Waals surface area contributed by atoms with Gasteiger partial charge in [-0.3, -0.25) is 4.79 Å². The van der Waals surface area contributed by atoms with Gasteiger partial charge < -0.3 is 10.0 Å². The van der Waals surface area contributed by atoms with E-state index in [-0.39, 0.29) is 17.0 Å². The molecule has 1 atom stereocenters. The van der Waals surface area contributed by atoms with Crippen LogP contribution >= 0.6 is 23.2 Å². The number of benzene rings is 1. The lowest BCUT2D eigenvalue weighted by Gasteiger charge is -2.23. The molecule has 0 spiro atoms. The van der Waals surface area contributed by atoms with Gasteiger partial charge in [0.1, 0.15) is 12.1 Å². The molecule has 1 aromatic carbocycles. The van der Waals surface area contributed by atoms with Crippen LogP contribution in [0.3, 0.4) is 0 Å². The van der Waals surface area contributed by atoms with Crippen LogP contribution in [0.5, 0.6) is 0 Å². The van der Waals surface area contributed by atoms with Crippen molar-refractivity contribution in [3.05, 3.63) is 53.7 Å². The summed E-state index contributed by atoms with van der Waals surface area (Å²) >= 11 is 11.6. The van der Waals surface area contributed by atoms with E-state index in [1.807, 2.05) is 23.1 Å². The number of sulfonamides is 1. The number of hydrogen-bond acceptors (Lipinski definition) is 6. The van der Waals surface area contributed by atoms with E-state index < -0.39 is 22.0 Å². The number of anilines is 1. The second-order valence-corrected chi connectivity index (χ2v) is 8.66. The van der Waals surface area contributed by atoms with E-state index in [1.54, 1.807) is 12.1 Å². The van der Waals surface area contributed by atoms with Crippen molar-refractivity contribution in [1.29, 1.82) is 5.26 Å². The number of carboxylic acids is 1. The number of rotatable bonds is 11. The molecule has 11 heteroatoms. The summed E-state index contributed by atoms with van der Waals surface area (Å²) in [5, 5.41) is 17.9. The highest BCUT2D eigenvalue weighted by atomic mass is 35.5. The Hall–Kier alpha value is -2.38. The first-order valence-electron chi connectivity index (χ1n) is 8.88. The minimum atomic E-state index is -4.17. The number of nitrogens with one attached hydrogen (secondary N) is 1. The van der Waals surface area contributed by atoms with E-state index in [2.05, 4.69) is 9.71 Å². The van der Waals surface area contributed by atoms with Crippen LogP contribution in [0.1, 0.15) is 11.1 Å². The zero-order valence-corrected chi connectivity index (χ0v) is 18.2. The Morgan fingerprint density at radius 1 is 1.17 bits per heavy atom. The van der Waals surface area contributed by atoms with E-state index in [1.165, 1.54) is 6.07 Å². The third-order valence-electron chi connectivity index (χ3n) is 4.19. The first-order valence-corrected chi connectivity index (χ1v) is 11.4. The second-order valence-electron chi connectivity index (χ2n) is 6.24. The van der Waals surface area contributed by atoms with Crippen molar-refractivity contribution in [3.63, 3.8) is 0 Å². The predicted octanol–water partition coefficient (Wildman–Crippen LogP) is 2.21. The van der Waals surface area contributed by atoms with Crippen molar-refractivity contribution in [3.8, 4) is 6.07 Å². The normalized spacial score (nSPS) is 12.2. The molecular weight excluding hydrogens is 451 g/mol. The Balaban J connectivity index is 2.15. The number of hydrogen-bond donors (Lipinski definition) is 2. The van der Waals surface area contributed by atoms with Crippen LogP contribution in [0, 0.1) is 11.3 Å². The lowest BCUT2D eigenvalue weighted by molar-refractivity contribution is -0.138. The van der Waals surface area contributed by atoms with Crippen molar-refractivity contribution in [2.75, 3.05) is 29.7 Å². The standard InChI is InChI=1S/C19H20Cl2N4O4S/c20-7-9-25(10-8-21)16-4-1-14(2-5-16)11-17(19(26)27)24-30(28,29)18-6-3-15(12-22)13-23-18/h1-6,13,17,24H,7-11H2,(H,26,27). The van der Waals surface area contributed by atoms with Crippen LogP contribution in [0.25, 0.3) is 0 Å². The molecule has 0 saturated heterocycles. The van der Waals surface area contributed by atoms with Gasteiger partial charge in [-0.05, 0) is 36.2 Å². The van der Waals surface area contributed by atoms with Crippen LogP contribution in [-0.2, 0) is 21.2 Å². The van der Waals surface area contributed by atoms with Gasteiger partial charge in [0.15, 0.2) is 5.03 Å². The van der Waals surface area contributed by atoms with E-state index in [0.29, 0.717) is 30.4 Å².